The highest BCUT2D eigenvalue weighted by atomic mass is 19.1. The van der Waals surface area contributed by atoms with Gasteiger partial charge in [0.2, 0.25) is 0 Å². The molecule has 0 fully saturated rings. The molecular weight excluding hydrogens is 223 g/mol. The molecule has 92 valence electrons. The lowest BCUT2D eigenvalue weighted by Gasteiger charge is -2.02. The summed E-state index contributed by atoms with van der Waals surface area (Å²) in [6.45, 7) is 2.67. The Balaban J connectivity index is 2.49. The summed E-state index contributed by atoms with van der Waals surface area (Å²) in [5, 5.41) is 0. The molecule has 3 nitrogen and oxygen atoms in total. The van der Waals surface area contributed by atoms with Crippen molar-refractivity contribution in [1.82, 2.24) is 0 Å². The molecule has 0 heterocycles. The van der Waals surface area contributed by atoms with Gasteiger partial charge in [-0.05, 0) is 19.1 Å². The summed E-state index contributed by atoms with van der Waals surface area (Å²) in [5.41, 5.74) is -0.0303. The van der Waals surface area contributed by atoms with Crippen LogP contribution in [0.3, 0.4) is 0 Å². The van der Waals surface area contributed by atoms with Gasteiger partial charge in [0.15, 0.2) is 5.78 Å². The predicted molar refractivity (Wildman–Crippen MR) is 61.5 cm³/mol. The van der Waals surface area contributed by atoms with Gasteiger partial charge in [-0.15, -0.1) is 0 Å². The van der Waals surface area contributed by atoms with E-state index < -0.39 is 11.6 Å². The standard InChI is InChI=1S/C13H15FO3/c1-2-17-8-7-10(15)9-13(16)11-5-3-4-6-12(11)14/h3-6H,2,7-9H2,1H3. The molecule has 4 heteroatoms. The second-order valence-electron chi connectivity index (χ2n) is 3.57. The first-order valence-corrected chi connectivity index (χ1v) is 5.52. The molecule has 1 aromatic carbocycles. The number of Topliss-reactive ketones (excluding diaryl/α,β-unsaturated/α-hetero) is 2. The number of benzene rings is 1. The average molecular weight is 238 g/mol. The minimum Gasteiger partial charge on any atom is -0.381 e. The van der Waals surface area contributed by atoms with Gasteiger partial charge in [0, 0.05) is 13.0 Å². The molecule has 0 N–H and O–H groups in total. The van der Waals surface area contributed by atoms with Crippen LogP contribution in [0.2, 0.25) is 0 Å². The summed E-state index contributed by atoms with van der Waals surface area (Å²) >= 11 is 0. The number of ketones is 2. The maximum Gasteiger partial charge on any atom is 0.173 e. The van der Waals surface area contributed by atoms with E-state index in [4.69, 9.17) is 4.74 Å². The lowest BCUT2D eigenvalue weighted by Crippen LogP contribution is -2.11. The van der Waals surface area contributed by atoms with E-state index in [1.165, 1.54) is 18.2 Å². The van der Waals surface area contributed by atoms with Gasteiger partial charge in [0.1, 0.15) is 11.6 Å². The number of carbonyl (C=O) groups is 2. The smallest absolute Gasteiger partial charge is 0.173 e. The van der Waals surface area contributed by atoms with Crippen molar-refractivity contribution in [3.63, 3.8) is 0 Å². The highest BCUT2D eigenvalue weighted by molar-refractivity contribution is 6.08. The number of hydrogen-bond acceptors (Lipinski definition) is 3. The third-order valence-electron chi connectivity index (χ3n) is 2.26. The van der Waals surface area contributed by atoms with E-state index in [1.807, 2.05) is 6.92 Å². The number of ether oxygens (including phenoxy) is 1. The first-order chi connectivity index (χ1) is 8.15. The lowest BCUT2D eigenvalue weighted by atomic mass is 10.0. The number of hydrogen-bond donors (Lipinski definition) is 0. The van der Waals surface area contributed by atoms with Crippen molar-refractivity contribution < 1.29 is 18.7 Å². The summed E-state index contributed by atoms with van der Waals surface area (Å²) in [4.78, 5) is 23.0. The molecule has 0 saturated carbocycles. The fraction of sp³-hybridized carbons (Fsp3) is 0.385. The summed E-state index contributed by atoms with van der Waals surface area (Å²) in [7, 11) is 0. The van der Waals surface area contributed by atoms with Crippen molar-refractivity contribution >= 4 is 11.6 Å². The third kappa shape index (κ3) is 4.44. The zero-order valence-corrected chi connectivity index (χ0v) is 9.74. The van der Waals surface area contributed by atoms with Crippen LogP contribution < -0.4 is 0 Å². The Morgan fingerprint density at radius 3 is 2.65 bits per heavy atom. The first-order valence-electron chi connectivity index (χ1n) is 5.52. The SMILES string of the molecule is CCOCCC(=O)CC(=O)c1ccccc1F. The van der Waals surface area contributed by atoms with Crippen molar-refractivity contribution in [1.29, 1.82) is 0 Å². The van der Waals surface area contributed by atoms with E-state index in [0.717, 1.165) is 0 Å². The Hall–Kier alpha value is -1.55. The first kappa shape index (κ1) is 13.5. The summed E-state index contributed by atoms with van der Waals surface area (Å²) in [6.07, 6.45) is -0.0813. The molecule has 1 aromatic rings. The highest BCUT2D eigenvalue weighted by Gasteiger charge is 2.14. The maximum absolute atomic E-state index is 13.2. The van der Waals surface area contributed by atoms with Gasteiger partial charge in [-0.2, -0.15) is 0 Å². The molecule has 0 aliphatic rings. The van der Waals surface area contributed by atoms with E-state index in [2.05, 4.69) is 0 Å². The Morgan fingerprint density at radius 1 is 1.29 bits per heavy atom. The molecular formula is C13H15FO3. The van der Waals surface area contributed by atoms with E-state index in [-0.39, 0.29) is 24.2 Å². The summed E-state index contributed by atoms with van der Waals surface area (Å²) < 4.78 is 18.2. The van der Waals surface area contributed by atoms with Crippen LogP contribution in [-0.2, 0) is 9.53 Å². The molecule has 0 bridgehead atoms. The molecule has 17 heavy (non-hydrogen) atoms. The summed E-state index contributed by atoms with van der Waals surface area (Å²) in [6, 6.07) is 5.66. The highest BCUT2D eigenvalue weighted by Crippen LogP contribution is 2.10. The number of carbonyl (C=O) groups excluding carboxylic acids is 2. The van der Waals surface area contributed by atoms with Crippen LogP contribution in [0, 0.1) is 5.82 Å². The zero-order valence-electron chi connectivity index (χ0n) is 9.74. The molecule has 0 saturated heterocycles. The van der Waals surface area contributed by atoms with Crippen molar-refractivity contribution in [2.24, 2.45) is 0 Å². The van der Waals surface area contributed by atoms with Crippen LogP contribution in [0.4, 0.5) is 4.39 Å². The van der Waals surface area contributed by atoms with Crippen LogP contribution >= 0.6 is 0 Å². The lowest BCUT2D eigenvalue weighted by molar-refractivity contribution is -0.119. The van der Waals surface area contributed by atoms with Crippen LogP contribution in [0.25, 0.3) is 0 Å². The van der Waals surface area contributed by atoms with Crippen molar-refractivity contribution in [2.45, 2.75) is 19.8 Å². The molecule has 0 unspecified atom stereocenters. The monoisotopic (exact) mass is 238 g/mol. The van der Waals surface area contributed by atoms with Crippen LogP contribution in [0.1, 0.15) is 30.1 Å². The van der Waals surface area contributed by atoms with Crippen LogP contribution in [0.15, 0.2) is 24.3 Å². The molecule has 1 rings (SSSR count). The Labute approximate surface area is 99.6 Å². The van der Waals surface area contributed by atoms with Crippen molar-refractivity contribution in [2.75, 3.05) is 13.2 Å². The van der Waals surface area contributed by atoms with Gasteiger partial charge in [-0.25, -0.2) is 4.39 Å². The fourth-order valence-electron chi connectivity index (χ4n) is 1.38. The fourth-order valence-corrected chi connectivity index (χ4v) is 1.38. The van der Waals surface area contributed by atoms with E-state index in [0.29, 0.717) is 13.2 Å². The molecule has 0 spiro atoms. The minimum atomic E-state index is -0.588. The molecule has 0 aliphatic carbocycles. The van der Waals surface area contributed by atoms with Gasteiger partial charge < -0.3 is 4.74 Å². The van der Waals surface area contributed by atoms with Gasteiger partial charge in [-0.1, -0.05) is 12.1 Å². The largest absolute Gasteiger partial charge is 0.381 e. The Kier molecular flexibility index (Phi) is 5.49. The second kappa shape index (κ2) is 6.91. The normalized spacial score (nSPS) is 10.2. The van der Waals surface area contributed by atoms with Crippen molar-refractivity contribution in [3.8, 4) is 0 Å². The zero-order chi connectivity index (χ0) is 12.7. The van der Waals surface area contributed by atoms with E-state index in [1.54, 1.807) is 6.07 Å². The number of halogens is 1. The van der Waals surface area contributed by atoms with E-state index >= 15 is 0 Å². The summed E-state index contributed by atoms with van der Waals surface area (Å²) in [5.74, 6) is -1.30. The van der Waals surface area contributed by atoms with Crippen LogP contribution in [-0.4, -0.2) is 24.8 Å². The molecule has 0 aromatic heterocycles. The molecule has 0 amide bonds. The maximum atomic E-state index is 13.2. The Morgan fingerprint density at radius 2 is 2.00 bits per heavy atom. The topological polar surface area (TPSA) is 43.4 Å². The molecule has 0 aliphatic heterocycles. The molecule has 0 atom stereocenters. The van der Waals surface area contributed by atoms with Gasteiger partial charge in [0.05, 0.1) is 18.6 Å². The van der Waals surface area contributed by atoms with Gasteiger partial charge in [0.25, 0.3) is 0 Å². The quantitative estimate of drug-likeness (QED) is 0.416. The third-order valence-corrected chi connectivity index (χ3v) is 2.26. The van der Waals surface area contributed by atoms with Crippen molar-refractivity contribution in [3.05, 3.63) is 35.6 Å². The minimum absolute atomic E-state index is 0.0303. The van der Waals surface area contributed by atoms with Crippen LogP contribution in [0.5, 0.6) is 0 Å². The number of rotatable bonds is 7. The average Bonchev–Trinajstić information content (AvgIpc) is 2.29. The Bertz CT molecular complexity index is 401. The molecule has 0 radical (unpaired) electrons. The van der Waals surface area contributed by atoms with Gasteiger partial charge in [-0.3, -0.25) is 9.59 Å². The predicted octanol–water partition coefficient (Wildman–Crippen LogP) is 2.39. The van der Waals surface area contributed by atoms with E-state index in [9.17, 15) is 14.0 Å². The second-order valence-corrected chi connectivity index (χ2v) is 3.57. The van der Waals surface area contributed by atoms with Gasteiger partial charge >= 0.3 is 0 Å².